The van der Waals surface area contributed by atoms with Crippen molar-refractivity contribution in [2.45, 2.75) is 52.4 Å². The fourth-order valence-electron chi connectivity index (χ4n) is 5.09. The minimum atomic E-state index is 0.0351. The molecule has 0 amide bonds. The zero-order valence-electron chi connectivity index (χ0n) is 24.1. The Labute approximate surface area is 268 Å². The molecule has 0 atom stereocenters. The van der Waals surface area contributed by atoms with Gasteiger partial charge in [-0.1, -0.05) is 77.9 Å². The van der Waals surface area contributed by atoms with E-state index in [1.807, 2.05) is 0 Å². The molecule has 6 rings (SSSR count). The molecule has 0 aliphatic heterocycles. The minimum absolute atomic E-state index is 0.0351. The van der Waals surface area contributed by atoms with Crippen LogP contribution in [0, 0.1) is 7.14 Å². The maximum atomic E-state index is 5.10. The number of halogens is 2. The summed E-state index contributed by atoms with van der Waals surface area (Å²) in [6.07, 6.45) is 0. The molecule has 2 heterocycles. The Kier molecular flexibility index (Phi) is 7.21. The summed E-state index contributed by atoms with van der Waals surface area (Å²) >= 11 is 4.65. The molecule has 0 radical (unpaired) electrons. The number of hydrogen-bond donors (Lipinski definition) is 0. The van der Waals surface area contributed by atoms with Crippen LogP contribution in [0.5, 0.6) is 0 Å². The first kappa shape index (κ1) is 28.3. The molecule has 41 heavy (non-hydrogen) atoms. The van der Waals surface area contributed by atoms with Gasteiger partial charge in [0.05, 0.1) is 11.0 Å². The molecular weight excluding hydrogens is 730 g/mol. The molecule has 4 nitrogen and oxygen atoms in total. The van der Waals surface area contributed by atoms with Crippen molar-refractivity contribution in [3.8, 4) is 28.7 Å². The topological polar surface area (TPSA) is 43.6 Å². The molecule has 0 aliphatic rings. The first-order valence-electron chi connectivity index (χ1n) is 13.8. The highest BCUT2D eigenvalue weighted by atomic mass is 127. The Morgan fingerprint density at radius 3 is 1.27 bits per heavy atom. The van der Waals surface area contributed by atoms with Crippen LogP contribution in [0.3, 0.4) is 0 Å². The van der Waals surface area contributed by atoms with Crippen molar-refractivity contribution in [2.24, 2.45) is 0 Å². The monoisotopic (exact) mass is 762 g/mol. The molecule has 0 unspecified atom stereocenters. The summed E-state index contributed by atoms with van der Waals surface area (Å²) in [6, 6.07) is 30.3. The predicted octanol–water partition coefficient (Wildman–Crippen LogP) is 10.1. The summed E-state index contributed by atoms with van der Waals surface area (Å²) in [5.41, 5.74) is 6.79. The Morgan fingerprint density at radius 2 is 0.902 bits per heavy atom. The first-order chi connectivity index (χ1) is 19.4. The zero-order chi connectivity index (χ0) is 29.1. The lowest BCUT2D eigenvalue weighted by atomic mass is 9.85. The van der Waals surface area contributed by atoms with Gasteiger partial charge in [0, 0.05) is 29.0 Å². The number of aromatic nitrogens is 4. The van der Waals surface area contributed by atoms with Gasteiger partial charge >= 0.3 is 0 Å². The first-order valence-corrected chi connectivity index (χ1v) is 15.9. The molecule has 2 aromatic heterocycles. The third-order valence-corrected chi connectivity index (χ3v) is 8.96. The second-order valence-electron chi connectivity index (χ2n) is 12.6. The number of benzene rings is 4. The molecule has 6 aromatic rings. The van der Waals surface area contributed by atoms with Crippen molar-refractivity contribution in [3.05, 3.63) is 103 Å². The Bertz CT molecular complexity index is 1770. The number of fused-ring (bicyclic) bond motifs is 3. The van der Waals surface area contributed by atoms with Crippen LogP contribution in [-0.4, -0.2) is 19.5 Å². The summed E-state index contributed by atoms with van der Waals surface area (Å²) in [6.45, 7) is 13.6. The molecule has 0 bridgehead atoms. The van der Waals surface area contributed by atoms with Crippen LogP contribution in [0.15, 0.2) is 84.9 Å². The fourth-order valence-corrected chi connectivity index (χ4v) is 5.81. The lowest BCUT2D eigenvalue weighted by molar-refractivity contribution is 0.590. The van der Waals surface area contributed by atoms with Crippen LogP contribution in [0.1, 0.15) is 52.7 Å². The van der Waals surface area contributed by atoms with Crippen molar-refractivity contribution in [2.75, 3.05) is 0 Å². The van der Waals surface area contributed by atoms with E-state index in [0.29, 0.717) is 17.6 Å². The largest absolute Gasteiger partial charge is 0.278 e. The minimum Gasteiger partial charge on any atom is -0.278 e. The highest BCUT2D eigenvalue weighted by Crippen LogP contribution is 2.37. The van der Waals surface area contributed by atoms with Gasteiger partial charge in [0.1, 0.15) is 0 Å². The standard InChI is InChI=1S/C35H32I2N4/c1-34(2,3)23-11-17-29-27(19-23)28-20-24(35(4,5)6)12-18-30(28)41(29)33-39-31(21-7-13-25(36)14-8-21)38-32(40-33)22-9-15-26(37)16-10-22/h7-20H,1-6H3. The average molecular weight is 762 g/mol. The number of hydrogen-bond acceptors (Lipinski definition) is 3. The van der Waals surface area contributed by atoms with E-state index in [2.05, 4.69) is 176 Å². The maximum Gasteiger partial charge on any atom is 0.238 e. The van der Waals surface area contributed by atoms with Gasteiger partial charge in [-0.2, -0.15) is 9.97 Å². The van der Waals surface area contributed by atoms with Gasteiger partial charge in [0.2, 0.25) is 5.95 Å². The van der Waals surface area contributed by atoms with Gasteiger partial charge in [-0.05, 0) is 116 Å². The van der Waals surface area contributed by atoms with Gasteiger partial charge in [0.25, 0.3) is 0 Å². The van der Waals surface area contributed by atoms with Crippen molar-refractivity contribution < 1.29 is 0 Å². The average Bonchev–Trinajstić information content (AvgIpc) is 3.26. The molecule has 0 fully saturated rings. The lowest BCUT2D eigenvalue weighted by Gasteiger charge is -2.19. The fraction of sp³-hybridized carbons (Fsp3) is 0.229. The highest BCUT2D eigenvalue weighted by molar-refractivity contribution is 14.1. The van der Waals surface area contributed by atoms with Crippen LogP contribution in [0.25, 0.3) is 50.5 Å². The normalized spacial score (nSPS) is 12.4. The third-order valence-electron chi connectivity index (χ3n) is 7.53. The van der Waals surface area contributed by atoms with E-state index < -0.39 is 0 Å². The molecule has 0 N–H and O–H groups in total. The zero-order valence-corrected chi connectivity index (χ0v) is 28.4. The van der Waals surface area contributed by atoms with Gasteiger partial charge < -0.3 is 0 Å². The lowest BCUT2D eigenvalue weighted by Crippen LogP contribution is -2.10. The summed E-state index contributed by atoms with van der Waals surface area (Å²) < 4.78 is 4.55. The van der Waals surface area contributed by atoms with Gasteiger partial charge in [-0.3, -0.25) is 4.57 Å². The summed E-state index contributed by atoms with van der Waals surface area (Å²) in [5, 5.41) is 2.43. The quantitative estimate of drug-likeness (QED) is 0.169. The Morgan fingerprint density at radius 1 is 0.512 bits per heavy atom. The third kappa shape index (κ3) is 5.52. The van der Waals surface area contributed by atoms with Crippen molar-refractivity contribution in [3.63, 3.8) is 0 Å². The molecule has 0 saturated carbocycles. The van der Waals surface area contributed by atoms with E-state index in [-0.39, 0.29) is 10.8 Å². The summed E-state index contributed by atoms with van der Waals surface area (Å²) in [7, 11) is 0. The molecule has 206 valence electrons. The second-order valence-corrected chi connectivity index (χ2v) is 15.1. The molecule has 0 saturated heterocycles. The SMILES string of the molecule is CC(C)(C)c1ccc2c(c1)c1cc(C(C)(C)C)ccc1n2-c1nc(-c2ccc(I)cc2)nc(-c2ccc(I)cc2)n1. The van der Waals surface area contributed by atoms with Crippen LogP contribution >= 0.6 is 45.2 Å². The van der Waals surface area contributed by atoms with E-state index in [1.54, 1.807) is 0 Å². The van der Waals surface area contributed by atoms with Crippen molar-refractivity contribution in [1.82, 2.24) is 19.5 Å². The van der Waals surface area contributed by atoms with Gasteiger partial charge in [0.15, 0.2) is 11.6 Å². The van der Waals surface area contributed by atoms with E-state index in [0.717, 1.165) is 22.2 Å². The molecule has 0 spiro atoms. The van der Waals surface area contributed by atoms with E-state index in [9.17, 15) is 0 Å². The van der Waals surface area contributed by atoms with Gasteiger partial charge in [-0.25, -0.2) is 4.98 Å². The van der Waals surface area contributed by atoms with Crippen molar-refractivity contribution in [1.29, 1.82) is 0 Å². The Balaban J connectivity index is 1.68. The molecular formula is C35H32I2N4. The summed E-state index contributed by atoms with van der Waals surface area (Å²) in [4.78, 5) is 15.2. The van der Waals surface area contributed by atoms with E-state index >= 15 is 0 Å². The number of nitrogens with zero attached hydrogens (tertiary/aromatic N) is 4. The van der Waals surface area contributed by atoms with Crippen LogP contribution in [0.2, 0.25) is 0 Å². The Hall–Kier alpha value is -2.85. The molecule has 0 aliphatic carbocycles. The van der Waals surface area contributed by atoms with Crippen LogP contribution in [-0.2, 0) is 10.8 Å². The molecule has 4 aromatic carbocycles. The number of rotatable bonds is 3. The smallest absolute Gasteiger partial charge is 0.238 e. The predicted molar refractivity (Wildman–Crippen MR) is 188 cm³/mol. The highest BCUT2D eigenvalue weighted by Gasteiger charge is 2.22. The summed E-state index contributed by atoms with van der Waals surface area (Å²) in [5.74, 6) is 1.94. The maximum absolute atomic E-state index is 5.10. The van der Waals surface area contributed by atoms with Crippen LogP contribution < -0.4 is 0 Å². The van der Waals surface area contributed by atoms with E-state index in [1.165, 1.54) is 29.0 Å². The van der Waals surface area contributed by atoms with Gasteiger partial charge in [-0.15, -0.1) is 0 Å². The second kappa shape index (κ2) is 10.5. The van der Waals surface area contributed by atoms with Crippen molar-refractivity contribution >= 4 is 67.0 Å². The van der Waals surface area contributed by atoms with Crippen LogP contribution in [0.4, 0.5) is 0 Å². The molecule has 6 heteroatoms. The van der Waals surface area contributed by atoms with E-state index in [4.69, 9.17) is 15.0 Å².